The quantitative estimate of drug-likeness (QED) is 0.529. The van der Waals surface area contributed by atoms with Gasteiger partial charge in [-0.3, -0.25) is 9.63 Å². The van der Waals surface area contributed by atoms with Crippen LogP contribution in [0.5, 0.6) is 0 Å². The summed E-state index contributed by atoms with van der Waals surface area (Å²) in [5, 5.41) is 0. The van der Waals surface area contributed by atoms with Crippen molar-refractivity contribution in [1.82, 2.24) is 5.48 Å². The zero-order valence-electron chi connectivity index (χ0n) is 7.50. The molecule has 3 N–H and O–H groups in total. The molecule has 0 saturated carbocycles. The Morgan fingerprint density at radius 3 is 2.64 bits per heavy atom. The first-order valence-electron chi connectivity index (χ1n) is 4.06. The molecule has 0 aromatic heterocycles. The second-order valence-corrected chi connectivity index (χ2v) is 2.70. The average molecular weight is 198 g/mol. The van der Waals surface area contributed by atoms with Crippen LogP contribution < -0.4 is 11.2 Å². The monoisotopic (exact) mass is 198 g/mol. The van der Waals surface area contributed by atoms with Gasteiger partial charge in [0.1, 0.15) is 12.4 Å². The molecule has 0 aliphatic rings. The third-order valence-corrected chi connectivity index (χ3v) is 1.51. The number of rotatable bonds is 5. The summed E-state index contributed by atoms with van der Waals surface area (Å²) in [6, 6.07) is 5.95. The van der Waals surface area contributed by atoms with Crippen molar-refractivity contribution in [2.45, 2.75) is 6.54 Å². The fraction of sp³-hybridized carbons (Fsp3) is 0.222. The van der Waals surface area contributed by atoms with Crippen LogP contribution in [-0.2, 0) is 16.2 Å². The number of nitrogens with two attached hydrogens (primary N) is 1. The van der Waals surface area contributed by atoms with Crippen LogP contribution in [0.3, 0.4) is 0 Å². The molecule has 14 heavy (non-hydrogen) atoms. The third kappa shape index (κ3) is 3.97. The topological polar surface area (TPSA) is 64.4 Å². The van der Waals surface area contributed by atoms with Crippen molar-refractivity contribution in [2.75, 3.05) is 6.61 Å². The van der Waals surface area contributed by atoms with Crippen molar-refractivity contribution >= 4 is 5.91 Å². The van der Waals surface area contributed by atoms with Crippen LogP contribution >= 0.6 is 0 Å². The maximum atomic E-state index is 12.5. The SMILES string of the molecule is NC(=O)CONCc1ccc(F)cc1. The van der Waals surface area contributed by atoms with Gasteiger partial charge in [0.25, 0.3) is 0 Å². The predicted octanol–water partition coefficient (Wildman–Crippen LogP) is 0.332. The normalized spacial score (nSPS) is 10.1. The van der Waals surface area contributed by atoms with Crippen molar-refractivity contribution in [1.29, 1.82) is 0 Å². The molecule has 0 saturated heterocycles. The molecule has 76 valence electrons. The highest BCUT2D eigenvalue weighted by molar-refractivity contribution is 5.74. The second kappa shape index (κ2) is 5.31. The smallest absolute Gasteiger partial charge is 0.245 e. The summed E-state index contributed by atoms with van der Waals surface area (Å²) < 4.78 is 12.5. The van der Waals surface area contributed by atoms with E-state index < -0.39 is 5.91 Å². The standard InChI is InChI=1S/C9H11FN2O2/c10-8-3-1-7(2-4-8)5-12-14-6-9(11)13/h1-4,12H,5-6H2,(H2,11,13). The zero-order chi connectivity index (χ0) is 10.4. The van der Waals surface area contributed by atoms with Gasteiger partial charge in [-0.15, -0.1) is 0 Å². The Kier molecular flexibility index (Phi) is 4.03. The van der Waals surface area contributed by atoms with Gasteiger partial charge >= 0.3 is 0 Å². The summed E-state index contributed by atoms with van der Waals surface area (Å²) in [7, 11) is 0. The van der Waals surface area contributed by atoms with Crippen LogP contribution in [0.25, 0.3) is 0 Å². The Labute approximate surface area is 80.8 Å². The average Bonchev–Trinajstić information content (AvgIpc) is 2.15. The van der Waals surface area contributed by atoms with Crippen LogP contribution in [0, 0.1) is 5.82 Å². The molecule has 0 heterocycles. The minimum Gasteiger partial charge on any atom is -0.368 e. The molecule has 0 bridgehead atoms. The van der Waals surface area contributed by atoms with Crippen molar-refractivity contribution in [3.05, 3.63) is 35.6 Å². The summed E-state index contributed by atoms with van der Waals surface area (Å²) in [6.45, 7) is 0.217. The number of primary amides is 1. The number of carbonyl (C=O) groups is 1. The van der Waals surface area contributed by atoms with E-state index in [-0.39, 0.29) is 12.4 Å². The van der Waals surface area contributed by atoms with Crippen LogP contribution in [0.15, 0.2) is 24.3 Å². The van der Waals surface area contributed by atoms with Crippen LogP contribution in [0.4, 0.5) is 4.39 Å². The summed E-state index contributed by atoms with van der Waals surface area (Å²) in [4.78, 5) is 15.0. The lowest BCUT2D eigenvalue weighted by atomic mass is 10.2. The van der Waals surface area contributed by atoms with Gasteiger partial charge in [-0.2, -0.15) is 5.48 Å². The molecule has 0 spiro atoms. The number of benzene rings is 1. The number of carbonyl (C=O) groups excluding carboxylic acids is 1. The molecule has 0 unspecified atom stereocenters. The third-order valence-electron chi connectivity index (χ3n) is 1.51. The van der Waals surface area contributed by atoms with Gasteiger partial charge < -0.3 is 5.73 Å². The fourth-order valence-electron chi connectivity index (χ4n) is 0.859. The predicted molar refractivity (Wildman–Crippen MR) is 48.4 cm³/mol. The molecule has 4 nitrogen and oxygen atoms in total. The largest absolute Gasteiger partial charge is 0.368 e. The van der Waals surface area contributed by atoms with Crippen LogP contribution in [0.1, 0.15) is 5.56 Å². The summed E-state index contributed by atoms with van der Waals surface area (Å²) in [5.41, 5.74) is 8.22. The van der Waals surface area contributed by atoms with Gasteiger partial charge in [0.15, 0.2) is 0 Å². The number of hydrogen-bond donors (Lipinski definition) is 2. The number of hydroxylamine groups is 1. The van der Waals surface area contributed by atoms with Gasteiger partial charge in [0.05, 0.1) is 0 Å². The number of amides is 1. The Balaban J connectivity index is 2.25. The molecule has 0 fully saturated rings. The Hall–Kier alpha value is -1.46. The van der Waals surface area contributed by atoms with Crippen molar-refractivity contribution in [3.8, 4) is 0 Å². The lowest BCUT2D eigenvalue weighted by Crippen LogP contribution is -2.24. The van der Waals surface area contributed by atoms with Gasteiger partial charge in [0.2, 0.25) is 5.91 Å². The fourth-order valence-corrected chi connectivity index (χ4v) is 0.859. The van der Waals surface area contributed by atoms with Crippen molar-refractivity contribution in [2.24, 2.45) is 5.73 Å². The first-order chi connectivity index (χ1) is 6.68. The molecule has 5 heteroatoms. The second-order valence-electron chi connectivity index (χ2n) is 2.70. The maximum absolute atomic E-state index is 12.5. The molecule has 0 aliphatic carbocycles. The molecule has 1 aromatic carbocycles. The molecule has 1 amide bonds. The van der Waals surface area contributed by atoms with E-state index in [1.165, 1.54) is 12.1 Å². The molecule has 0 aliphatic heterocycles. The van der Waals surface area contributed by atoms with E-state index in [4.69, 9.17) is 10.6 Å². The minimum absolute atomic E-state index is 0.179. The first kappa shape index (κ1) is 10.6. The summed E-state index contributed by atoms with van der Waals surface area (Å²) in [6.07, 6.45) is 0. The minimum atomic E-state index is -0.545. The van der Waals surface area contributed by atoms with Crippen molar-refractivity contribution < 1.29 is 14.0 Å². The summed E-state index contributed by atoms with van der Waals surface area (Å²) >= 11 is 0. The van der Waals surface area contributed by atoms with Gasteiger partial charge in [-0.25, -0.2) is 4.39 Å². The van der Waals surface area contributed by atoms with Crippen LogP contribution in [-0.4, -0.2) is 12.5 Å². The molecular formula is C9H11FN2O2. The molecular weight excluding hydrogens is 187 g/mol. The number of hydrogen-bond acceptors (Lipinski definition) is 3. The Morgan fingerprint density at radius 2 is 2.07 bits per heavy atom. The zero-order valence-corrected chi connectivity index (χ0v) is 7.50. The highest BCUT2D eigenvalue weighted by Crippen LogP contribution is 2.01. The first-order valence-corrected chi connectivity index (χ1v) is 4.06. The highest BCUT2D eigenvalue weighted by Gasteiger charge is 1.95. The molecule has 0 radical (unpaired) electrons. The van der Waals surface area contributed by atoms with E-state index in [0.717, 1.165) is 5.56 Å². The van der Waals surface area contributed by atoms with E-state index >= 15 is 0 Å². The Bertz CT molecular complexity index is 300. The van der Waals surface area contributed by atoms with Gasteiger partial charge in [-0.05, 0) is 17.7 Å². The maximum Gasteiger partial charge on any atom is 0.245 e. The molecule has 0 atom stereocenters. The molecule has 1 rings (SSSR count). The van der Waals surface area contributed by atoms with E-state index in [0.29, 0.717) is 6.54 Å². The molecule has 1 aromatic rings. The van der Waals surface area contributed by atoms with Gasteiger partial charge in [0, 0.05) is 6.54 Å². The highest BCUT2D eigenvalue weighted by atomic mass is 19.1. The Morgan fingerprint density at radius 1 is 1.43 bits per heavy atom. The van der Waals surface area contributed by atoms with E-state index in [2.05, 4.69) is 5.48 Å². The lowest BCUT2D eigenvalue weighted by molar-refractivity contribution is -0.125. The van der Waals surface area contributed by atoms with E-state index in [9.17, 15) is 9.18 Å². The van der Waals surface area contributed by atoms with E-state index in [1.54, 1.807) is 12.1 Å². The summed E-state index contributed by atoms with van der Waals surface area (Å²) in [5.74, 6) is -0.830. The van der Waals surface area contributed by atoms with Crippen LogP contribution in [0.2, 0.25) is 0 Å². The number of nitrogens with one attached hydrogen (secondary N) is 1. The van der Waals surface area contributed by atoms with Gasteiger partial charge in [-0.1, -0.05) is 12.1 Å². The number of halogens is 1. The lowest BCUT2D eigenvalue weighted by Gasteiger charge is -2.03. The van der Waals surface area contributed by atoms with E-state index in [1.807, 2.05) is 0 Å². The van der Waals surface area contributed by atoms with Crippen molar-refractivity contribution in [3.63, 3.8) is 0 Å².